The molecule has 1 aliphatic rings. The van der Waals surface area contributed by atoms with Crippen LogP contribution in [0.1, 0.15) is 61.0 Å². The lowest BCUT2D eigenvalue weighted by Crippen LogP contribution is -2.32. The first-order valence-electron chi connectivity index (χ1n) is 13.1. The van der Waals surface area contributed by atoms with Gasteiger partial charge in [0.2, 0.25) is 0 Å². The Kier molecular flexibility index (Phi) is 8.98. The standard InChI is InChI=1S/C31H32ClN3O3/c1-3-5-8-21-12-16-24(17-13-21)34-29(36)23-10-7-11-25(20-23)33-28-27(32)30(37)35(31(28)38)26-18-14-22(15-19-26)9-6-4-2/h7,10-20,33H,3-6,8-9H2,1-2H3,(H,34,36). The van der Waals surface area contributed by atoms with Gasteiger partial charge >= 0.3 is 0 Å². The van der Waals surface area contributed by atoms with Crippen molar-refractivity contribution < 1.29 is 14.4 Å². The predicted octanol–water partition coefficient (Wildman–Crippen LogP) is 7.06. The van der Waals surface area contributed by atoms with Crippen molar-refractivity contribution in [2.75, 3.05) is 15.5 Å². The van der Waals surface area contributed by atoms with Crippen LogP contribution >= 0.6 is 11.6 Å². The Morgan fingerprint density at radius 2 is 1.39 bits per heavy atom. The molecule has 0 fully saturated rings. The molecule has 0 aromatic heterocycles. The molecule has 0 saturated heterocycles. The molecule has 7 heteroatoms. The molecule has 3 amide bonds. The maximum atomic E-state index is 13.2. The van der Waals surface area contributed by atoms with Gasteiger partial charge in [-0.15, -0.1) is 0 Å². The number of imide groups is 1. The van der Waals surface area contributed by atoms with Crippen molar-refractivity contribution in [2.24, 2.45) is 0 Å². The Bertz CT molecular complexity index is 1350. The zero-order chi connectivity index (χ0) is 27.1. The van der Waals surface area contributed by atoms with E-state index in [-0.39, 0.29) is 16.6 Å². The molecule has 3 aromatic rings. The number of nitrogens with one attached hydrogen (secondary N) is 2. The summed E-state index contributed by atoms with van der Waals surface area (Å²) in [6, 6.07) is 21.9. The Labute approximate surface area is 228 Å². The summed E-state index contributed by atoms with van der Waals surface area (Å²) >= 11 is 6.30. The zero-order valence-electron chi connectivity index (χ0n) is 21.7. The minimum Gasteiger partial charge on any atom is -0.350 e. The lowest BCUT2D eigenvalue weighted by Gasteiger charge is -2.16. The molecule has 1 heterocycles. The molecule has 4 rings (SSSR count). The Hall–Kier alpha value is -3.90. The molecule has 0 bridgehead atoms. The minimum atomic E-state index is -0.586. The van der Waals surface area contributed by atoms with Crippen LogP contribution in [0.25, 0.3) is 0 Å². The van der Waals surface area contributed by atoms with E-state index >= 15 is 0 Å². The first kappa shape index (κ1) is 27.1. The summed E-state index contributed by atoms with van der Waals surface area (Å²) in [5, 5.41) is 5.66. The molecule has 2 N–H and O–H groups in total. The van der Waals surface area contributed by atoms with Gasteiger partial charge in [0.15, 0.2) is 0 Å². The summed E-state index contributed by atoms with van der Waals surface area (Å²) in [4.78, 5) is 39.9. The number of aryl methyl sites for hydroxylation is 2. The highest BCUT2D eigenvalue weighted by Gasteiger charge is 2.39. The predicted molar refractivity (Wildman–Crippen MR) is 153 cm³/mol. The van der Waals surface area contributed by atoms with E-state index in [0.717, 1.165) is 49.0 Å². The van der Waals surface area contributed by atoms with Gasteiger partial charge in [-0.3, -0.25) is 14.4 Å². The van der Waals surface area contributed by atoms with E-state index in [4.69, 9.17) is 11.6 Å². The number of carbonyl (C=O) groups excluding carboxylic acids is 3. The van der Waals surface area contributed by atoms with Gasteiger partial charge in [0.1, 0.15) is 10.7 Å². The molecule has 0 spiro atoms. The van der Waals surface area contributed by atoms with Crippen LogP contribution in [0.5, 0.6) is 0 Å². The van der Waals surface area contributed by atoms with Crippen LogP contribution < -0.4 is 15.5 Å². The van der Waals surface area contributed by atoms with Gasteiger partial charge < -0.3 is 10.6 Å². The molecule has 0 saturated carbocycles. The summed E-state index contributed by atoms with van der Waals surface area (Å²) in [7, 11) is 0. The van der Waals surface area contributed by atoms with E-state index in [9.17, 15) is 14.4 Å². The lowest BCUT2D eigenvalue weighted by atomic mass is 10.1. The maximum Gasteiger partial charge on any atom is 0.283 e. The number of halogens is 1. The summed E-state index contributed by atoms with van der Waals surface area (Å²) in [6.45, 7) is 4.29. The maximum absolute atomic E-state index is 13.2. The van der Waals surface area contributed by atoms with E-state index in [1.54, 1.807) is 36.4 Å². The molecular formula is C31H32ClN3O3. The monoisotopic (exact) mass is 529 g/mol. The average molecular weight is 530 g/mol. The highest BCUT2D eigenvalue weighted by molar-refractivity contribution is 6.53. The number of anilines is 3. The van der Waals surface area contributed by atoms with Crippen LogP contribution in [0.2, 0.25) is 0 Å². The Balaban J connectivity index is 1.44. The molecule has 38 heavy (non-hydrogen) atoms. The van der Waals surface area contributed by atoms with Gasteiger partial charge in [-0.25, -0.2) is 4.90 Å². The van der Waals surface area contributed by atoms with Crippen molar-refractivity contribution in [2.45, 2.75) is 52.4 Å². The third-order valence-corrected chi connectivity index (χ3v) is 6.82. The number of hydrogen-bond acceptors (Lipinski definition) is 4. The fourth-order valence-electron chi connectivity index (χ4n) is 4.26. The molecule has 0 unspecified atom stereocenters. The number of rotatable bonds is 11. The second kappa shape index (κ2) is 12.6. The van der Waals surface area contributed by atoms with Crippen molar-refractivity contribution in [3.05, 3.63) is 100 Å². The average Bonchev–Trinajstić information content (AvgIpc) is 3.14. The van der Waals surface area contributed by atoms with Gasteiger partial charge in [-0.2, -0.15) is 0 Å². The normalized spacial score (nSPS) is 13.3. The molecule has 0 aliphatic carbocycles. The first-order chi connectivity index (χ1) is 18.4. The van der Waals surface area contributed by atoms with Crippen LogP contribution in [0.3, 0.4) is 0 Å². The smallest absolute Gasteiger partial charge is 0.283 e. The van der Waals surface area contributed by atoms with Gasteiger partial charge in [0.05, 0.1) is 5.69 Å². The number of benzene rings is 3. The molecule has 1 aliphatic heterocycles. The van der Waals surface area contributed by atoms with Gasteiger partial charge in [-0.1, -0.05) is 68.6 Å². The minimum absolute atomic E-state index is 0.0213. The second-order valence-corrected chi connectivity index (χ2v) is 9.74. The van der Waals surface area contributed by atoms with Crippen molar-refractivity contribution in [3.63, 3.8) is 0 Å². The van der Waals surface area contributed by atoms with Gasteiger partial charge in [0.25, 0.3) is 17.7 Å². The van der Waals surface area contributed by atoms with Crippen LogP contribution in [0.4, 0.5) is 17.1 Å². The molecule has 0 radical (unpaired) electrons. The number of hydrogen-bond donors (Lipinski definition) is 2. The largest absolute Gasteiger partial charge is 0.350 e. The highest BCUT2D eigenvalue weighted by atomic mass is 35.5. The molecular weight excluding hydrogens is 498 g/mol. The Morgan fingerprint density at radius 1 is 0.789 bits per heavy atom. The fraction of sp³-hybridized carbons (Fsp3) is 0.258. The van der Waals surface area contributed by atoms with Crippen LogP contribution in [0, 0.1) is 0 Å². The third kappa shape index (κ3) is 6.32. The quantitative estimate of drug-likeness (QED) is 0.261. The van der Waals surface area contributed by atoms with Crippen LogP contribution in [-0.2, 0) is 22.4 Å². The molecule has 6 nitrogen and oxygen atoms in total. The summed E-state index contributed by atoms with van der Waals surface area (Å²) in [5.41, 5.74) is 4.40. The van der Waals surface area contributed by atoms with Gasteiger partial charge in [-0.05, 0) is 79.3 Å². The van der Waals surface area contributed by atoms with Crippen LogP contribution in [0.15, 0.2) is 83.5 Å². The van der Waals surface area contributed by atoms with E-state index < -0.39 is 11.8 Å². The summed E-state index contributed by atoms with van der Waals surface area (Å²) in [6.07, 6.45) is 6.38. The fourth-order valence-corrected chi connectivity index (χ4v) is 4.47. The molecule has 3 aromatic carbocycles. The topological polar surface area (TPSA) is 78.5 Å². The van der Waals surface area contributed by atoms with E-state index in [1.807, 2.05) is 36.4 Å². The first-order valence-corrected chi connectivity index (χ1v) is 13.4. The van der Waals surface area contributed by atoms with Crippen molar-refractivity contribution in [1.82, 2.24) is 0 Å². The Morgan fingerprint density at radius 3 is 2.00 bits per heavy atom. The summed E-state index contributed by atoms with van der Waals surface area (Å²) < 4.78 is 0. The van der Waals surface area contributed by atoms with Crippen LogP contribution in [-0.4, -0.2) is 17.7 Å². The third-order valence-electron chi connectivity index (χ3n) is 6.47. The zero-order valence-corrected chi connectivity index (χ0v) is 22.5. The number of nitrogens with zero attached hydrogens (tertiary/aromatic N) is 1. The molecule has 0 atom stereocenters. The van der Waals surface area contributed by atoms with E-state index in [1.165, 1.54) is 5.56 Å². The van der Waals surface area contributed by atoms with Crippen molar-refractivity contribution >= 4 is 46.4 Å². The number of amides is 3. The second-order valence-electron chi connectivity index (χ2n) is 9.37. The van der Waals surface area contributed by atoms with E-state index in [2.05, 4.69) is 24.5 Å². The van der Waals surface area contributed by atoms with Crippen molar-refractivity contribution in [1.29, 1.82) is 0 Å². The van der Waals surface area contributed by atoms with Gasteiger partial charge in [0, 0.05) is 16.9 Å². The molecule has 196 valence electrons. The van der Waals surface area contributed by atoms with E-state index in [0.29, 0.717) is 22.6 Å². The highest BCUT2D eigenvalue weighted by Crippen LogP contribution is 2.30. The number of unbranched alkanes of at least 4 members (excludes halogenated alkanes) is 2. The SMILES string of the molecule is CCCCc1ccc(NC(=O)c2cccc(NC3=C(Cl)C(=O)N(c4ccc(CCCC)cc4)C3=O)c2)cc1. The number of carbonyl (C=O) groups is 3. The lowest BCUT2D eigenvalue weighted by molar-refractivity contribution is -0.120. The summed E-state index contributed by atoms with van der Waals surface area (Å²) in [5.74, 6) is -1.41. The van der Waals surface area contributed by atoms with Crippen molar-refractivity contribution in [3.8, 4) is 0 Å².